The largest absolute Gasteiger partial charge is 0.480 e. The first-order chi connectivity index (χ1) is 11.6. The monoisotopic (exact) mass is 379 g/mol. The molecule has 0 aliphatic heterocycles. The number of carboxylic acids is 2. The molecule has 0 saturated heterocycles. The van der Waals surface area contributed by atoms with Gasteiger partial charge in [-0.3, -0.25) is 19.2 Å². The Morgan fingerprint density at radius 2 is 1.80 bits per heavy atom. The number of amides is 2. The summed E-state index contributed by atoms with van der Waals surface area (Å²) >= 11 is 1.32. The SMILES string of the molecule is CC(O)CCSCC(NC(=O)CCC(N)C(=O)O)C(=O)NCC(=O)O. The van der Waals surface area contributed by atoms with Gasteiger partial charge in [0.25, 0.3) is 0 Å². The van der Waals surface area contributed by atoms with Crippen LogP contribution in [0.1, 0.15) is 26.2 Å². The molecule has 3 atom stereocenters. The molecule has 11 heteroatoms. The molecule has 0 fully saturated rings. The molecule has 0 aromatic carbocycles. The predicted octanol–water partition coefficient (Wildman–Crippen LogP) is -1.63. The number of aliphatic hydroxyl groups is 1. The standard InChI is InChI=1S/C14H25N3O7S/c1-8(18)4-5-25-7-10(13(22)16-6-12(20)21)17-11(19)3-2-9(15)14(23)24/h8-10,18H,2-7,15H2,1H3,(H,16,22)(H,17,19)(H,20,21)(H,23,24). The lowest BCUT2D eigenvalue weighted by molar-refractivity contribution is -0.139. The predicted molar refractivity (Wildman–Crippen MR) is 91.0 cm³/mol. The third kappa shape index (κ3) is 12.2. The molecule has 0 aromatic rings. The van der Waals surface area contributed by atoms with Crippen molar-refractivity contribution < 1.29 is 34.5 Å². The van der Waals surface area contributed by atoms with Crippen LogP contribution in [0.15, 0.2) is 0 Å². The van der Waals surface area contributed by atoms with Gasteiger partial charge in [-0.05, 0) is 25.5 Å². The minimum absolute atomic E-state index is 0.0835. The zero-order chi connectivity index (χ0) is 19.4. The molecular formula is C14H25N3O7S. The zero-order valence-electron chi connectivity index (χ0n) is 13.9. The Bertz CT molecular complexity index is 473. The van der Waals surface area contributed by atoms with Crippen molar-refractivity contribution in [1.82, 2.24) is 10.6 Å². The number of aliphatic hydroxyl groups excluding tert-OH is 1. The summed E-state index contributed by atoms with van der Waals surface area (Å²) in [7, 11) is 0. The van der Waals surface area contributed by atoms with Gasteiger partial charge >= 0.3 is 11.9 Å². The molecule has 0 bridgehead atoms. The molecule has 0 aliphatic rings. The normalized spacial score (nSPS) is 14.2. The Hall–Kier alpha value is -1.85. The van der Waals surface area contributed by atoms with Gasteiger partial charge in [-0.1, -0.05) is 0 Å². The van der Waals surface area contributed by atoms with E-state index in [0.717, 1.165) is 0 Å². The molecule has 10 nitrogen and oxygen atoms in total. The van der Waals surface area contributed by atoms with Crippen LogP contribution in [-0.2, 0) is 19.2 Å². The second-order valence-electron chi connectivity index (χ2n) is 5.43. The van der Waals surface area contributed by atoms with Crippen molar-refractivity contribution in [1.29, 1.82) is 0 Å². The summed E-state index contributed by atoms with van der Waals surface area (Å²) < 4.78 is 0. The third-order valence-corrected chi connectivity index (χ3v) is 4.12. The molecule has 144 valence electrons. The fourth-order valence-corrected chi connectivity index (χ4v) is 2.75. The second-order valence-corrected chi connectivity index (χ2v) is 6.58. The maximum absolute atomic E-state index is 12.0. The van der Waals surface area contributed by atoms with Gasteiger partial charge in [0, 0.05) is 12.2 Å². The van der Waals surface area contributed by atoms with Crippen LogP contribution in [0.25, 0.3) is 0 Å². The molecule has 7 N–H and O–H groups in total. The van der Waals surface area contributed by atoms with Crippen LogP contribution < -0.4 is 16.4 Å². The number of hydrogen-bond donors (Lipinski definition) is 6. The fourth-order valence-electron chi connectivity index (χ4n) is 1.60. The molecule has 0 saturated carbocycles. The molecule has 0 spiro atoms. The van der Waals surface area contributed by atoms with Gasteiger partial charge in [-0.25, -0.2) is 0 Å². The molecule has 3 unspecified atom stereocenters. The smallest absolute Gasteiger partial charge is 0.322 e. The van der Waals surface area contributed by atoms with Crippen LogP contribution in [0.2, 0.25) is 0 Å². The van der Waals surface area contributed by atoms with E-state index in [1.807, 2.05) is 0 Å². The Kier molecular flexibility index (Phi) is 11.6. The lowest BCUT2D eigenvalue weighted by Crippen LogP contribution is -2.49. The van der Waals surface area contributed by atoms with E-state index in [1.165, 1.54) is 11.8 Å². The van der Waals surface area contributed by atoms with Gasteiger partial charge in [0.2, 0.25) is 11.8 Å². The highest BCUT2D eigenvalue weighted by atomic mass is 32.2. The number of carbonyl (C=O) groups excluding carboxylic acids is 2. The van der Waals surface area contributed by atoms with Gasteiger partial charge in [-0.15, -0.1) is 0 Å². The van der Waals surface area contributed by atoms with Crippen LogP contribution in [-0.4, -0.2) is 75.3 Å². The first-order valence-corrected chi connectivity index (χ1v) is 8.82. The second kappa shape index (κ2) is 12.5. The maximum Gasteiger partial charge on any atom is 0.322 e. The topological polar surface area (TPSA) is 179 Å². The van der Waals surface area contributed by atoms with E-state index < -0.39 is 48.5 Å². The molecule has 2 amide bonds. The van der Waals surface area contributed by atoms with Crippen molar-refractivity contribution in [2.75, 3.05) is 18.1 Å². The third-order valence-electron chi connectivity index (χ3n) is 3.03. The maximum atomic E-state index is 12.0. The Balaban J connectivity index is 4.53. The van der Waals surface area contributed by atoms with Crippen molar-refractivity contribution in [2.24, 2.45) is 5.73 Å². The van der Waals surface area contributed by atoms with Gasteiger partial charge in [0.1, 0.15) is 18.6 Å². The molecule has 0 aromatic heterocycles. The lowest BCUT2D eigenvalue weighted by Gasteiger charge is -2.18. The van der Waals surface area contributed by atoms with Gasteiger partial charge in [0.05, 0.1) is 6.10 Å². The Morgan fingerprint density at radius 3 is 2.32 bits per heavy atom. The number of nitrogens with one attached hydrogen (secondary N) is 2. The van der Waals surface area contributed by atoms with E-state index in [2.05, 4.69) is 10.6 Å². The van der Waals surface area contributed by atoms with E-state index in [0.29, 0.717) is 12.2 Å². The van der Waals surface area contributed by atoms with E-state index >= 15 is 0 Å². The van der Waals surface area contributed by atoms with Crippen molar-refractivity contribution in [3.8, 4) is 0 Å². The zero-order valence-corrected chi connectivity index (χ0v) is 14.8. The van der Waals surface area contributed by atoms with Crippen LogP contribution in [0, 0.1) is 0 Å². The molecule has 0 heterocycles. The molecule has 25 heavy (non-hydrogen) atoms. The van der Waals surface area contributed by atoms with Gasteiger partial charge < -0.3 is 31.7 Å². The summed E-state index contributed by atoms with van der Waals surface area (Å²) in [5.74, 6) is -2.90. The van der Waals surface area contributed by atoms with Gasteiger partial charge in [0.15, 0.2) is 0 Å². The fraction of sp³-hybridized carbons (Fsp3) is 0.714. The minimum atomic E-state index is -1.22. The van der Waals surface area contributed by atoms with Crippen LogP contribution in [0.5, 0.6) is 0 Å². The number of nitrogens with two attached hydrogens (primary N) is 1. The summed E-state index contributed by atoms with van der Waals surface area (Å²) in [5, 5.41) is 31.1. The summed E-state index contributed by atoms with van der Waals surface area (Å²) in [4.78, 5) is 45.0. The lowest BCUT2D eigenvalue weighted by atomic mass is 10.1. The van der Waals surface area contributed by atoms with E-state index in [-0.39, 0.29) is 18.6 Å². The van der Waals surface area contributed by atoms with Crippen molar-refractivity contribution in [3.63, 3.8) is 0 Å². The molecular weight excluding hydrogens is 354 g/mol. The number of carbonyl (C=O) groups is 4. The average Bonchev–Trinajstić information content (AvgIpc) is 2.52. The van der Waals surface area contributed by atoms with Gasteiger partial charge in [-0.2, -0.15) is 11.8 Å². The molecule has 0 rings (SSSR count). The Labute approximate surface area is 149 Å². The first-order valence-electron chi connectivity index (χ1n) is 7.66. The summed E-state index contributed by atoms with van der Waals surface area (Å²) in [6.07, 6.45) is -0.233. The van der Waals surface area contributed by atoms with E-state index in [4.69, 9.17) is 15.9 Å². The van der Waals surface area contributed by atoms with Crippen LogP contribution in [0.3, 0.4) is 0 Å². The number of carboxylic acid groups (broad SMARTS) is 2. The highest BCUT2D eigenvalue weighted by Crippen LogP contribution is 2.08. The molecule has 0 aliphatic carbocycles. The summed E-state index contributed by atoms with van der Waals surface area (Å²) in [6, 6.07) is -2.14. The number of aliphatic carboxylic acids is 2. The number of hydrogen-bond acceptors (Lipinski definition) is 7. The summed E-state index contributed by atoms with van der Waals surface area (Å²) in [5.41, 5.74) is 5.31. The highest BCUT2D eigenvalue weighted by molar-refractivity contribution is 7.99. The quantitative estimate of drug-likeness (QED) is 0.205. The Morgan fingerprint density at radius 1 is 1.16 bits per heavy atom. The first kappa shape index (κ1) is 23.1. The highest BCUT2D eigenvalue weighted by Gasteiger charge is 2.22. The number of thioether (sulfide) groups is 1. The van der Waals surface area contributed by atoms with E-state index in [9.17, 15) is 24.3 Å². The van der Waals surface area contributed by atoms with Crippen LogP contribution in [0.4, 0.5) is 0 Å². The molecule has 0 radical (unpaired) electrons. The number of rotatable bonds is 13. The van der Waals surface area contributed by atoms with Crippen molar-refractivity contribution >= 4 is 35.5 Å². The van der Waals surface area contributed by atoms with Crippen molar-refractivity contribution in [2.45, 2.75) is 44.4 Å². The average molecular weight is 379 g/mol. The minimum Gasteiger partial charge on any atom is -0.480 e. The van der Waals surface area contributed by atoms with Crippen LogP contribution >= 0.6 is 11.8 Å². The summed E-state index contributed by atoms with van der Waals surface area (Å²) in [6.45, 7) is 1.05. The van der Waals surface area contributed by atoms with E-state index in [1.54, 1.807) is 6.92 Å². The van der Waals surface area contributed by atoms with Crippen molar-refractivity contribution in [3.05, 3.63) is 0 Å².